The number of hydrogen-bond acceptors (Lipinski definition) is 5. The van der Waals surface area contributed by atoms with Crippen molar-refractivity contribution in [3.8, 4) is 0 Å². The van der Waals surface area contributed by atoms with Crippen LogP contribution in [0.1, 0.15) is 41.7 Å². The zero-order valence-corrected chi connectivity index (χ0v) is 12.6. The monoisotopic (exact) mass is 314 g/mol. The maximum Gasteiger partial charge on any atom is 0.288 e. The summed E-state index contributed by atoms with van der Waals surface area (Å²) in [6, 6.07) is 1.57. The first kappa shape index (κ1) is 17.3. The Morgan fingerprint density at radius 3 is 2.62 bits per heavy atom. The average molecular weight is 315 g/mol. The van der Waals surface area contributed by atoms with Crippen LogP contribution in [0.4, 0.5) is 5.69 Å². The third kappa shape index (κ3) is 4.37. The Kier molecular flexibility index (Phi) is 6.04. The molecule has 1 saturated carbocycles. The van der Waals surface area contributed by atoms with Crippen molar-refractivity contribution in [2.45, 2.75) is 44.7 Å². The van der Waals surface area contributed by atoms with Gasteiger partial charge in [0.1, 0.15) is 6.20 Å². The number of nitrogens with zero attached hydrogens (tertiary/aromatic N) is 2. The summed E-state index contributed by atoms with van der Waals surface area (Å²) in [5.41, 5.74) is 6.39. The molecule has 0 radical (unpaired) electrons. The minimum atomic E-state index is -0.553. The van der Waals surface area contributed by atoms with Crippen molar-refractivity contribution in [3.05, 3.63) is 33.6 Å². The minimum Gasteiger partial charge on any atom is -0.349 e. The average Bonchev–Trinajstić information content (AvgIpc) is 2.41. The Hall–Kier alpha value is -1.73. The summed E-state index contributed by atoms with van der Waals surface area (Å²) in [5, 5.41) is 13.6. The Morgan fingerprint density at radius 2 is 2.05 bits per heavy atom. The van der Waals surface area contributed by atoms with Crippen LogP contribution in [-0.4, -0.2) is 27.9 Å². The third-order valence-corrected chi connectivity index (χ3v) is 3.63. The van der Waals surface area contributed by atoms with Gasteiger partial charge in [0.2, 0.25) is 0 Å². The molecule has 0 aliphatic heterocycles. The quantitative estimate of drug-likeness (QED) is 0.651. The van der Waals surface area contributed by atoms with Gasteiger partial charge < -0.3 is 11.1 Å². The number of nitro groups is 1. The van der Waals surface area contributed by atoms with E-state index in [2.05, 4.69) is 10.3 Å². The van der Waals surface area contributed by atoms with Crippen LogP contribution in [0, 0.1) is 17.0 Å². The van der Waals surface area contributed by atoms with Gasteiger partial charge in [0.05, 0.1) is 16.2 Å². The molecular weight excluding hydrogens is 296 g/mol. The molecule has 1 aliphatic carbocycles. The van der Waals surface area contributed by atoms with Gasteiger partial charge in [-0.25, -0.2) is 0 Å². The summed E-state index contributed by atoms with van der Waals surface area (Å²) in [6.45, 7) is 1.66. The molecular formula is C13H19ClN4O3. The Morgan fingerprint density at radius 1 is 1.43 bits per heavy atom. The van der Waals surface area contributed by atoms with Crippen molar-refractivity contribution in [1.82, 2.24) is 10.3 Å². The van der Waals surface area contributed by atoms with E-state index in [1.54, 1.807) is 6.92 Å². The van der Waals surface area contributed by atoms with E-state index in [0.717, 1.165) is 31.9 Å². The topological polar surface area (TPSA) is 111 Å². The van der Waals surface area contributed by atoms with E-state index in [1.165, 1.54) is 6.07 Å². The lowest BCUT2D eigenvalue weighted by atomic mass is 9.91. The summed E-state index contributed by atoms with van der Waals surface area (Å²) in [4.78, 5) is 26.3. The van der Waals surface area contributed by atoms with Crippen LogP contribution in [-0.2, 0) is 0 Å². The number of pyridine rings is 1. The second-order valence-electron chi connectivity index (χ2n) is 5.17. The van der Waals surface area contributed by atoms with Gasteiger partial charge in [-0.05, 0) is 32.6 Å². The van der Waals surface area contributed by atoms with Crippen molar-refractivity contribution in [2.75, 3.05) is 0 Å². The molecule has 0 aromatic carbocycles. The van der Waals surface area contributed by atoms with E-state index in [9.17, 15) is 14.9 Å². The molecule has 0 unspecified atom stereocenters. The molecule has 0 atom stereocenters. The smallest absolute Gasteiger partial charge is 0.288 e. The second kappa shape index (κ2) is 7.33. The van der Waals surface area contributed by atoms with Crippen molar-refractivity contribution >= 4 is 24.0 Å². The van der Waals surface area contributed by atoms with E-state index >= 15 is 0 Å². The molecule has 1 aromatic rings. The molecule has 7 nitrogen and oxygen atoms in total. The van der Waals surface area contributed by atoms with Crippen LogP contribution >= 0.6 is 12.4 Å². The SMILES string of the molecule is Cc1ncc([N+](=O)[O-])cc1C(=O)NC1CCC(N)CC1.Cl. The molecule has 2 rings (SSSR count). The Labute approximate surface area is 128 Å². The van der Waals surface area contributed by atoms with Crippen LogP contribution < -0.4 is 11.1 Å². The number of carbonyl (C=O) groups is 1. The van der Waals surface area contributed by atoms with E-state index in [0.29, 0.717) is 5.69 Å². The van der Waals surface area contributed by atoms with Crippen molar-refractivity contribution in [2.24, 2.45) is 5.73 Å². The van der Waals surface area contributed by atoms with Gasteiger partial charge in [0, 0.05) is 18.2 Å². The van der Waals surface area contributed by atoms with Crippen LogP contribution in [0.3, 0.4) is 0 Å². The van der Waals surface area contributed by atoms with Gasteiger partial charge in [-0.2, -0.15) is 0 Å². The molecule has 0 saturated heterocycles. The molecule has 0 bridgehead atoms. The maximum absolute atomic E-state index is 12.2. The lowest BCUT2D eigenvalue weighted by Crippen LogP contribution is -2.40. The molecule has 1 heterocycles. The van der Waals surface area contributed by atoms with Gasteiger partial charge >= 0.3 is 0 Å². The summed E-state index contributed by atoms with van der Waals surface area (Å²) in [7, 11) is 0. The number of nitrogens with one attached hydrogen (secondary N) is 1. The summed E-state index contributed by atoms with van der Waals surface area (Å²) >= 11 is 0. The summed E-state index contributed by atoms with van der Waals surface area (Å²) in [6.07, 6.45) is 4.61. The lowest BCUT2D eigenvalue weighted by molar-refractivity contribution is -0.385. The van der Waals surface area contributed by atoms with Crippen molar-refractivity contribution in [1.29, 1.82) is 0 Å². The second-order valence-corrected chi connectivity index (χ2v) is 5.17. The molecule has 116 valence electrons. The number of hydrogen-bond donors (Lipinski definition) is 2. The highest BCUT2D eigenvalue weighted by Gasteiger charge is 2.22. The van der Waals surface area contributed by atoms with Crippen LogP contribution in [0.5, 0.6) is 0 Å². The number of halogens is 1. The fraction of sp³-hybridized carbons (Fsp3) is 0.538. The molecule has 1 fully saturated rings. The summed E-state index contributed by atoms with van der Waals surface area (Å²) in [5.74, 6) is -0.306. The highest BCUT2D eigenvalue weighted by molar-refractivity contribution is 5.95. The van der Waals surface area contributed by atoms with Crippen molar-refractivity contribution in [3.63, 3.8) is 0 Å². The third-order valence-electron chi connectivity index (χ3n) is 3.63. The first-order valence-electron chi connectivity index (χ1n) is 6.65. The normalized spacial score (nSPS) is 21.2. The number of aryl methyl sites for hydroxylation is 1. The summed E-state index contributed by atoms with van der Waals surface area (Å²) < 4.78 is 0. The molecule has 8 heteroatoms. The predicted molar refractivity (Wildman–Crippen MR) is 80.6 cm³/mol. The Bertz CT molecular complexity index is 530. The molecule has 21 heavy (non-hydrogen) atoms. The number of carbonyl (C=O) groups excluding carboxylic acids is 1. The maximum atomic E-state index is 12.2. The lowest BCUT2D eigenvalue weighted by Gasteiger charge is -2.26. The van der Waals surface area contributed by atoms with Gasteiger partial charge in [0.25, 0.3) is 11.6 Å². The van der Waals surface area contributed by atoms with Crippen molar-refractivity contribution < 1.29 is 9.72 Å². The fourth-order valence-electron chi connectivity index (χ4n) is 2.38. The largest absolute Gasteiger partial charge is 0.349 e. The van der Waals surface area contributed by atoms with E-state index in [4.69, 9.17) is 5.73 Å². The van der Waals surface area contributed by atoms with E-state index in [1.807, 2.05) is 0 Å². The van der Waals surface area contributed by atoms with Gasteiger partial charge in [-0.15, -0.1) is 12.4 Å². The number of aromatic nitrogens is 1. The highest BCUT2D eigenvalue weighted by atomic mass is 35.5. The highest BCUT2D eigenvalue weighted by Crippen LogP contribution is 2.19. The van der Waals surface area contributed by atoms with Crippen LogP contribution in [0.15, 0.2) is 12.3 Å². The van der Waals surface area contributed by atoms with Crippen LogP contribution in [0.25, 0.3) is 0 Å². The first-order valence-corrected chi connectivity index (χ1v) is 6.65. The first-order chi connectivity index (χ1) is 9.47. The standard InChI is InChI=1S/C13H18N4O3.ClH/c1-8-12(6-11(7-15-8)17(19)20)13(18)16-10-4-2-9(14)3-5-10;/h6-7,9-10H,2-5,14H2,1H3,(H,16,18);1H. The minimum absolute atomic E-state index is 0. The molecule has 1 amide bonds. The van der Waals surface area contributed by atoms with E-state index < -0.39 is 4.92 Å². The molecule has 3 N–H and O–H groups in total. The number of nitrogens with two attached hydrogens (primary N) is 1. The molecule has 0 spiro atoms. The van der Waals surface area contributed by atoms with Gasteiger partial charge in [-0.3, -0.25) is 19.9 Å². The number of rotatable bonds is 3. The fourth-order valence-corrected chi connectivity index (χ4v) is 2.38. The molecule has 1 aromatic heterocycles. The van der Waals surface area contributed by atoms with Crippen LogP contribution in [0.2, 0.25) is 0 Å². The van der Waals surface area contributed by atoms with E-state index in [-0.39, 0.29) is 41.6 Å². The number of amides is 1. The van der Waals surface area contributed by atoms with Gasteiger partial charge in [0.15, 0.2) is 0 Å². The molecule has 1 aliphatic rings. The Balaban J connectivity index is 0.00000220. The zero-order valence-electron chi connectivity index (χ0n) is 11.7. The van der Waals surface area contributed by atoms with Gasteiger partial charge in [-0.1, -0.05) is 0 Å². The predicted octanol–water partition coefficient (Wildman–Crippen LogP) is 1.72. The zero-order chi connectivity index (χ0) is 14.7.